The molecule has 2 N–H and O–H groups in total. The minimum Gasteiger partial charge on any atom is -0.497 e. The van der Waals surface area contributed by atoms with Gasteiger partial charge in [-0.3, -0.25) is 0 Å². The van der Waals surface area contributed by atoms with Crippen molar-refractivity contribution >= 4 is 5.69 Å². The Morgan fingerprint density at radius 3 is 2.60 bits per heavy atom. The summed E-state index contributed by atoms with van der Waals surface area (Å²) in [7, 11) is 1.61. The van der Waals surface area contributed by atoms with E-state index in [2.05, 4.69) is 6.92 Å². The lowest BCUT2D eigenvalue weighted by Crippen LogP contribution is -1.88. The monoisotopic (exact) mass is 136 g/mol. The molecule has 1 aromatic rings. The second-order valence-electron chi connectivity index (χ2n) is 2.11. The Kier molecular flexibility index (Phi) is 1.81. The zero-order valence-corrected chi connectivity index (χ0v) is 5.92. The number of ether oxygens (including phenoxy) is 1. The van der Waals surface area contributed by atoms with E-state index in [1.807, 2.05) is 6.07 Å². The van der Waals surface area contributed by atoms with Gasteiger partial charge in [0.05, 0.1) is 7.11 Å². The van der Waals surface area contributed by atoms with Gasteiger partial charge in [-0.05, 0) is 24.6 Å². The molecule has 0 aliphatic heterocycles. The van der Waals surface area contributed by atoms with Crippen LogP contribution < -0.4 is 10.5 Å². The molecular formula is C8H10NO. The van der Waals surface area contributed by atoms with Crippen LogP contribution in [0.4, 0.5) is 5.69 Å². The molecule has 0 unspecified atom stereocenters. The predicted molar refractivity (Wildman–Crippen MR) is 41.9 cm³/mol. The van der Waals surface area contributed by atoms with E-state index in [0.29, 0.717) is 5.69 Å². The summed E-state index contributed by atoms with van der Waals surface area (Å²) in [5.74, 6) is 0.755. The van der Waals surface area contributed by atoms with Crippen LogP contribution in [0.3, 0.4) is 0 Å². The maximum atomic E-state index is 5.52. The average molecular weight is 136 g/mol. The van der Waals surface area contributed by atoms with Crippen molar-refractivity contribution in [1.29, 1.82) is 0 Å². The second-order valence-corrected chi connectivity index (χ2v) is 2.11. The smallest absolute Gasteiger partial charge is 0.121 e. The molecule has 0 amide bonds. The van der Waals surface area contributed by atoms with Gasteiger partial charge in [-0.25, -0.2) is 0 Å². The van der Waals surface area contributed by atoms with Crippen molar-refractivity contribution in [2.75, 3.05) is 12.8 Å². The van der Waals surface area contributed by atoms with Gasteiger partial charge in [0.15, 0.2) is 0 Å². The van der Waals surface area contributed by atoms with Gasteiger partial charge in [-0.2, -0.15) is 0 Å². The Morgan fingerprint density at radius 1 is 1.40 bits per heavy atom. The number of hydrogen-bond acceptors (Lipinski definition) is 2. The van der Waals surface area contributed by atoms with Gasteiger partial charge in [-0.15, -0.1) is 0 Å². The number of rotatable bonds is 1. The fraction of sp³-hybridized carbons (Fsp3) is 0.125. The van der Waals surface area contributed by atoms with E-state index in [0.717, 1.165) is 11.3 Å². The third-order valence-electron chi connectivity index (χ3n) is 1.22. The lowest BCUT2D eigenvalue weighted by Gasteiger charge is -2.01. The van der Waals surface area contributed by atoms with Crippen molar-refractivity contribution in [2.24, 2.45) is 0 Å². The van der Waals surface area contributed by atoms with Crippen LogP contribution in [0.2, 0.25) is 0 Å². The van der Waals surface area contributed by atoms with E-state index in [4.69, 9.17) is 10.5 Å². The Morgan fingerprint density at radius 2 is 2.10 bits per heavy atom. The van der Waals surface area contributed by atoms with Crippen molar-refractivity contribution in [2.45, 2.75) is 0 Å². The summed E-state index contributed by atoms with van der Waals surface area (Å²) in [4.78, 5) is 0. The van der Waals surface area contributed by atoms with Gasteiger partial charge in [0, 0.05) is 11.8 Å². The van der Waals surface area contributed by atoms with E-state index in [1.165, 1.54) is 0 Å². The normalized spacial score (nSPS) is 9.40. The lowest BCUT2D eigenvalue weighted by atomic mass is 10.2. The van der Waals surface area contributed by atoms with Crippen LogP contribution in [-0.2, 0) is 0 Å². The van der Waals surface area contributed by atoms with Crippen LogP contribution in [0.15, 0.2) is 18.2 Å². The quantitative estimate of drug-likeness (QED) is 0.593. The molecule has 0 spiro atoms. The van der Waals surface area contributed by atoms with Gasteiger partial charge in [0.1, 0.15) is 5.75 Å². The van der Waals surface area contributed by atoms with Crippen LogP contribution in [0, 0.1) is 6.92 Å². The standard InChI is InChI=1S/C8H10NO/c1-6-3-7(9)5-8(4-6)10-2/h3-5H,1,9H2,2H3. The molecule has 1 radical (unpaired) electrons. The molecule has 10 heavy (non-hydrogen) atoms. The number of methoxy groups -OCH3 is 1. The maximum absolute atomic E-state index is 5.52. The van der Waals surface area contributed by atoms with Gasteiger partial charge in [0.25, 0.3) is 0 Å². The van der Waals surface area contributed by atoms with E-state index in [9.17, 15) is 0 Å². The Bertz CT molecular complexity index is 212. The summed E-state index contributed by atoms with van der Waals surface area (Å²) < 4.78 is 4.96. The zero-order chi connectivity index (χ0) is 7.56. The van der Waals surface area contributed by atoms with Crippen LogP contribution >= 0.6 is 0 Å². The number of nitrogen functional groups attached to an aromatic ring is 1. The van der Waals surface area contributed by atoms with Crippen molar-refractivity contribution in [1.82, 2.24) is 0 Å². The van der Waals surface area contributed by atoms with Crippen molar-refractivity contribution < 1.29 is 4.74 Å². The summed E-state index contributed by atoms with van der Waals surface area (Å²) in [5, 5.41) is 0. The lowest BCUT2D eigenvalue weighted by molar-refractivity contribution is 0.415. The Hall–Kier alpha value is -1.18. The molecule has 0 fully saturated rings. The first-order valence-electron chi connectivity index (χ1n) is 2.99. The minimum absolute atomic E-state index is 0.685. The number of anilines is 1. The van der Waals surface area contributed by atoms with E-state index in [-0.39, 0.29) is 0 Å². The summed E-state index contributed by atoms with van der Waals surface area (Å²) in [5.41, 5.74) is 7.07. The number of nitrogens with two attached hydrogens (primary N) is 1. The summed E-state index contributed by atoms with van der Waals surface area (Å²) in [6.07, 6.45) is 0. The molecule has 1 aromatic carbocycles. The third kappa shape index (κ3) is 1.41. The zero-order valence-electron chi connectivity index (χ0n) is 5.92. The molecule has 0 heterocycles. The number of benzene rings is 1. The first-order chi connectivity index (χ1) is 4.72. The summed E-state index contributed by atoms with van der Waals surface area (Å²) in [6.45, 7) is 3.73. The van der Waals surface area contributed by atoms with E-state index >= 15 is 0 Å². The Balaban J connectivity index is 3.06. The molecule has 0 aliphatic rings. The fourth-order valence-corrected chi connectivity index (χ4v) is 0.804. The summed E-state index contributed by atoms with van der Waals surface area (Å²) in [6, 6.07) is 5.38. The highest BCUT2D eigenvalue weighted by molar-refractivity contribution is 5.48. The average Bonchev–Trinajstić information content (AvgIpc) is 1.85. The van der Waals surface area contributed by atoms with E-state index < -0.39 is 0 Å². The van der Waals surface area contributed by atoms with Gasteiger partial charge in [-0.1, -0.05) is 0 Å². The van der Waals surface area contributed by atoms with Crippen LogP contribution in [0.25, 0.3) is 0 Å². The third-order valence-corrected chi connectivity index (χ3v) is 1.22. The molecule has 0 atom stereocenters. The summed E-state index contributed by atoms with van der Waals surface area (Å²) >= 11 is 0. The van der Waals surface area contributed by atoms with Crippen molar-refractivity contribution in [3.05, 3.63) is 30.7 Å². The molecule has 0 aromatic heterocycles. The highest BCUT2D eigenvalue weighted by Crippen LogP contribution is 2.16. The van der Waals surface area contributed by atoms with Crippen LogP contribution in [0.5, 0.6) is 5.75 Å². The van der Waals surface area contributed by atoms with Gasteiger partial charge < -0.3 is 10.5 Å². The van der Waals surface area contributed by atoms with Gasteiger partial charge >= 0.3 is 0 Å². The van der Waals surface area contributed by atoms with Crippen molar-refractivity contribution in [3.8, 4) is 5.75 Å². The minimum atomic E-state index is 0.685. The molecular weight excluding hydrogens is 126 g/mol. The highest BCUT2D eigenvalue weighted by atomic mass is 16.5. The largest absolute Gasteiger partial charge is 0.497 e. The number of hydrogen-bond donors (Lipinski definition) is 1. The molecule has 0 saturated carbocycles. The van der Waals surface area contributed by atoms with Crippen LogP contribution in [-0.4, -0.2) is 7.11 Å². The molecule has 53 valence electrons. The molecule has 0 saturated heterocycles. The van der Waals surface area contributed by atoms with E-state index in [1.54, 1.807) is 19.2 Å². The second kappa shape index (κ2) is 2.60. The molecule has 0 bridgehead atoms. The molecule has 2 nitrogen and oxygen atoms in total. The van der Waals surface area contributed by atoms with Crippen LogP contribution in [0.1, 0.15) is 5.56 Å². The fourth-order valence-electron chi connectivity index (χ4n) is 0.804. The van der Waals surface area contributed by atoms with Crippen molar-refractivity contribution in [3.63, 3.8) is 0 Å². The highest BCUT2D eigenvalue weighted by Gasteiger charge is 1.92. The topological polar surface area (TPSA) is 35.2 Å². The van der Waals surface area contributed by atoms with Gasteiger partial charge in [0.2, 0.25) is 0 Å². The molecule has 2 heteroatoms. The first kappa shape index (κ1) is 6.93. The Labute approximate surface area is 60.6 Å². The maximum Gasteiger partial charge on any atom is 0.121 e. The molecule has 1 rings (SSSR count). The molecule has 0 aliphatic carbocycles. The predicted octanol–water partition coefficient (Wildman–Crippen LogP) is 1.46. The SMILES string of the molecule is [CH2]c1cc(N)cc(OC)c1. The first-order valence-corrected chi connectivity index (χ1v) is 2.99.